The summed E-state index contributed by atoms with van der Waals surface area (Å²) in [5.41, 5.74) is 0. The van der Waals surface area contributed by atoms with Gasteiger partial charge in [-0.3, -0.25) is 0 Å². The normalized spacial score (nSPS) is 5.54. The standard InChI is InChI=1S/3CH2O3.Co/c3*2-1(3)4;/h3*(H2,2,3,4);/q;;;+3/p-3. The first-order valence-corrected chi connectivity index (χ1v) is 1.90. The van der Waals surface area contributed by atoms with E-state index in [1.165, 1.54) is 0 Å². The Balaban J connectivity index is -0.0000000450. The molecule has 0 fully saturated rings. The van der Waals surface area contributed by atoms with Crippen LogP contribution in [0, 0.1) is 0 Å². The van der Waals surface area contributed by atoms with Gasteiger partial charge in [0.05, 0.1) is 0 Å². The molecule has 0 atom stereocenters. The molecule has 0 aliphatic carbocycles. The zero-order chi connectivity index (χ0) is 10.7. The van der Waals surface area contributed by atoms with Crippen molar-refractivity contribution in [3.05, 3.63) is 0 Å². The van der Waals surface area contributed by atoms with Gasteiger partial charge < -0.3 is 45.0 Å². The van der Waals surface area contributed by atoms with Crippen molar-refractivity contribution < 1.29 is 61.8 Å². The summed E-state index contributed by atoms with van der Waals surface area (Å²) in [6, 6.07) is 0. The minimum absolute atomic E-state index is 0. The molecule has 0 spiro atoms. The predicted molar refractivity (Wildman–Crippen MR) is 24.1 cm³/mol. The van der Waals surface area contributed by atoms with Crippen molar-refractivity contribution in [3.63, 3.8) is 0 Å². The Morgan fingerprint density at radius 2 is 0.692 bits per heavy atom. The molecule has 0 heterocycles. The van der Waals surface area contributed by atoms with E-state index >= 15 is 0 Å². The van der Waals surface area contributed by atoms with Gasteiger partial charge in [-0.2, -0.15) is 0 Å². The van der Waals surface area contributed by atoms with E-state index in [1.807, 2.05) is 0 Å². The number of hydrogen-bond acceptors (Lipinski definition) is 6. The summed E-state index contributed by atoms with van der Waals surface area (Å²) in [7, 11) is 0. The van der Waals surface area contributed by atoms with E-state index in [0.717, 1.165) is 0 Å². The third-order valence-electron chi connectivity index (χ3n) is 0. The molecule has 0 bridgehead atoms. The van der Waals surface area contributed by atoms with Gasteiger partial charge >= 0.3 is 16.8 Å². The second-order valence-electron chi connectivity index (χ2n) is 0.798. The molecule has 0 amide bonds. The van der Waals surface area contributed by atoms with Crippen LogP contribution < -0.4 is 15.3 Å². The molecule has 0 rings (SSSR count). The molecule has 0 aromatic carbocycles. The van der Waals surface area contributed by atoms with Crippen molar-refractivity contribution >= 4 is 18.5 Å². The summed E-state index contributed by atoms with van der Waals surface area (Å²) >= 11 is 0. The Bertz CT molecular complexity index is 112. The first-order chi connectivity index (χ1) is 5.20. The van der Waals surface area contributed by atoms with E-state index in [1.54, 1.807) is 0 Å². The Morgan fingerprint density at radius 1 is 0.692 bits per heavy atom. The monoisotopic (exact) mass is 242 g/mol. The maximum absolute atomic E-state index is 8.44. The average molecular weight is 242 g/mol. The molecular weight excluding hydrogens is 239 g/mol. The summed E-state index contributed by atoms with van der Waals surface area (Å²) in [6.07, 6.45) is -6.25. The molecule has 0 radical (unpaired) electrons. The topological polar surface area (TPSA) is 181 Å². The molecule has 78 valence electrons. The van der Waals surface area contributed by atoms with Gasteiger partial charge in [0.1, 0.15) is 0 Å². The van der Waals surface area contributed by atoms with Crippen LogP contribution in [-0.2, 0) is 16.8 Å². The van der Waals surface area contributed by atoms with E-state index in [-0.39, 0.29) is 16.8 Å². The van der Waals surface area contributed by atoms with E-state index in [4.69, 9.17) is 45.0 Å². The fourth-order valence-corrected chi connectivity index (χ4v) is 0. The van der Waals surface area contributed by atoms with Crippen molar-refractivity contribution in [2.24, 2.45) is 0 Å². The quantitative estimate of drug-likeness (QED) is 0.390. The molecule has 0 aromatic rings. The molecule has 0 unspecified atom stereocenters. The minimum atomic E-state index is -2.08. The largest absolute Gasteiger partial charge is 3.00 e. The maximum Gasteiger partial charge on any atom is 3.00 e. The van der Waals surface area contributed by atoms with Gasteiger partial charge in [0.25, 0.3) is 0 Å². The summed E-state index contributed by atoms with van der Waals surface area (Å²) in [5.74, 6) is 0. The summed E-state index contributed by atoms with van der Waals surface area (Å²) in [6.45, 7) is 0. The fourth-order valence-electron chi connectivity index (χ4n) is 0. The van der Waals surface area contributed by atoms with Gasteiger partial charge in [0, 0.05) is 0 Å². The Kier molecular flexibility index (Phi) is 29.0. The van der Waals surface area contributed by atoms with Crippen LogP contribution >= 0.6 is 0 Å². The van der Waals surface area contributed by atoms with Crippen LogP contribution in [0.4, 0.5) is 14.4 Å². The molecule has 13 heavy (non-hydrogen) atoms. The van der Waals surface area contributed by atoms with Crippen molar-refractivity contribution in [2.45, 2.75) is 0 Å². The molecule has 9 nitrogen and oxygen atoms in total. The van der Waals surface area contributed by atoms with Gasteiger partial charge in [-0.25, -0.2) is 0 Å². The van der Waals surface area contributed by atoms with Crippen LogP contribution in [0.2, 0.25) is 0 Å². The molecule has 3 N–H and O–H groups in total. The molecule has 0 saturated carbocycles. The van der Waals surface area contributed by atoms with E-state index < -0.39 is 18.5 Å². The molecular formula is C3H3CoO9. The van der Waals surface area contributed by atoms with Crippen LogP contribution in [0.3, 0.4) is 0 Å². The molecule has 0 saturated heterocycles. The van der Waals surface area contributed by atoms with Gasteiger partial charge in [0.15, 0.2) is 0 Å². The first-order valence-electron chi connectivity index (χ1n) is 1.90. The maximum atomic E-state index is 8.44. The number of carbonyl (C=O) groups is 3. The number of rotatable bonds is 0. The smallest absolute Gasteiger partial charge is 0.565 e. The van der Waals surface area contributed by atoms with Gasteiger partial charge in [0.2, 0.25) is 18.5 Å². The Labute approximate surface area is 81.1 Å². The molecule has 0 aliphatic rings. The second kappa shape index (κ2) is 16.7. The third-order valence-corrected chi connectivity index (χ3v) is 0. The average Bonchev–Trinajstić information content (AvgIpc) is 1.54. The van der Waals surface area contributed by atoms with Crippen LogP contribution in [0.15, 0.2) is 0 Å². The van der Waals surface area contributed by atoms with Crippen LogP contribution in [0.25, 0.3) is 0 Å². The zero-order valence-corrected chi connectivity index (χ0v) is 6.67. The minimum Gasteiger partial charge on any atom is -0.565 e. The Hall–Kier alpha value is -1.68. The predicted octanol–water partition coefficient (Wildman–Crippen LogP) is -3.34. The van der Waals surface area contributed by atoms with Gasteiger partial charge in [-0.1, -0.05) is 0 Å². The SMILES string of the molecule is O=C([O-])O.O=C([O-])O.O=C([O-])O.[Co+3]. The number of hydrogen-bond donors (Lipinski definition) is 3. The van der Waals surface area contributed by atoms with Crippen molar-refractivity contribution in [2.75, 3.05) is 0 Å². The van der Waals surface area contributed by atoms with Gasteiger partial charge in [-0.15, -0.1) is 0 Å². The van der Waals surface area contributed by atoms with E-state index in [2.05, 4.69) is 0 Å². The van der Waals surface area contributed by atoms with E-state index in [0.29, 0.717) is 0 Å². The van der Waals surface area contributed by atoms with Crippen molar-refractivity contribution in [1.29, 1.82) is 0 Å². The molecule has 0 aliphatic heterocycles. The summed E-state index contributed by atoms with van der Waals surface area (Å²) in [4.78, 5) is 25.3. The van der Waals surface area contributed by atoms with Crippen LogP contribution in [0.5, 0.6) is 0 Å². The molecule has 10 heteroatoms. The number of carboxylic acid groups (broad SMARTS) is 6. The first kappa shape index (κ1) is 22.5. The zero-order valence-electron chi connectivity index (χ0n) is 5.62. The van der Waals surface area contributed by atoms with E-state index in [9.17, 15) is 0 Å². The third kappa shape index (κ3) is 252. The summed E-state index contributed by atoms with van der Waals surface area (Å²) in [5, 5.41) is 45.9. The summed E-state index contributed by atoms with van der Waals surface area (Å²) < 4.78 is 0. The second-order valence-corrected chi connectivity index (χ2v) is 0.798. The Morgan fingerprint density at radius 3 is 0.692 bits per heavy atom. The van der Waals surface area contributed by atoms with Crippen molar-refractivity contribution in [3.8, 4) is 0 Å². The van der Waals surface area contributed by atoms with Crippen LogP contribution in [0.1, 0.15) is 0 Å². The fraction of sp³-hybridized carbons (Fsp3) is 0. The van der Waals surface area contributed by atoms with Gasteiger partial charge in [-0.05, 0) is 0 Å². The van der Waals surface area contributed by atoms with Crippen molar-refractivity contribution in [1.82, 2.24) is 0 Å². The van der Waals surface area contributed by atoms with Crippen LogP contribution in [-0.4, -0.2) is 33.8 Å². The molecule has 0 aromatic heterocycles.